The number of amides is 1. The summed E-state index contributed by atoms with van der Waals surface area (Å²) in [6, 6.07) is 9.31. The zero-order valence-corrected chi connectivity index (χ0v) is 18.7. The number of carbonyl (C=O) groups is 1. The Balaban J connectivity index is 1.60. The fraction of sp³-hybridized carbons (Fsp3) is 0.696. The highest BCUT2D eigenvalue weighted by Crippen LogP contribution is 2.48. The van der Waals surface area contributed by atoms with Gasteiger partial charge in [-0.15, -0.1) is 0 Å². The minimum absolute atomic E-state index is 0.0277. The molecule has 2 fully saturated rings. The highest BCUT2D eigenvalue weighted by Gasteiger charge is 2.55. The Kier molecular flexibility index (Phi) is 6.01. The predicted molar refractivity (Wildman–Crippen MR) is 114 cm³/mol. The average molecular weight is 405 g/mol. The Morgan fingerprint density at radius 2 is 1.62 bits per heavy atom. The summed E-state index contributed by atoms with van der Waals surface area (Å²) in [7, 11) is 2.17. The number of hydrogen-bond donors (Lipinski definition) is 1. The predicted octanol–water partition coefficient (Wildman–Crippen LogP) is 4.66. The Morgan fingerprint density at radius 3 is 2.14 bits per heavy atom. The van der Waals surface area contributed by atoms with E-state index >= 15 is 0 Å². The van der Waals surface area contributed by atoms with Gasteiger partial charge in [-0.05, 0) is 53.3 Å². The first-order valence-electron chi connectivity index (χ1n) is 10.5. The van der Waals surface area contributed by atoms with Crippen molar-refractivity contribution in [2.75, 3.05) is 32.2 Å². The number of hydrogen-bond acceptors (Lipinski definition) is 5. The maximum atomic E-state index is 12.2. The van der Waals surface area contributed by atoms with Crippen molar-refractivity contribution in [1.29, 1.82) is 0 Å². The lowest BCUT2D eigenvalue weighted by Crippen LogP contribution is -2.67. The van der Waals surface area contributed by atoms with Crippen molar-refractivity contribution in [2.24, 2.45) is 5.41 Å². The van der Waals surface area contributed by atoms with Gasteiger partial charge in [-0.25, -0.2) is 4.79 Å². The van der Waals surface area contributed by atoms with E-state index in [-0.39, 0.29) is 23.1 Å². The van der Waals surface area contributed by atoms with Gasteiger partial charge in [-0.3, -0.25) is 10.2 Å². The average Bonchev–Trinajstić information content (AvgIpc) is 2.66. The monoisotopic (exact) mass is 404 g/mol. The van der Waals surface area contributed by atoms with Crippen LogP contribution in [0.2, 0.25) is 0 Å². The molecular weight excluding hydrogens is 368 g/mol. The van der Waals surface area contributed by atoms with Crippen LogP contribution in [0.3, 0.4) is 0 Å². The highest BCUT2D eigenvalue weighted by atomic mass is 16.7. The van der Waals surface area contributed by atoms with Crippen LogP contribution in [0.15, 0.2) is 30.3 Å². The van der Waals surface area contributed by atoms with Gasteiger partial charge in [-0.2, -0.15) is 0 Å². The molecule has 0 saturated carbocycles. The van der Waals surface area contributed by atoms with Gasteiger partial charge in [0, 0.05) is 29.6 Å². The van der Waals surface area contributed by atoms with Gasteiger partial charge in [0.15, 0.2) is 5.79 Å². The first-order chi connectivity index (χ1) is 13.5. The second-order valence-electron chi connectivity index (χ2n) is 9.95. The van der Waals surface area contributed by atoms with Gasteiger partial charge < -0.3 is 14.2 Å². The van der Waals surface area contributed by atoms with Crippen LogP contribution in [-0.4, -0.2) is 54.7 Å². The van der Waals surface area contributed by atoms with Crippen molar-refractivity contribution >= 4 is 11.8 Å². The van der Waals surface area contributed by atoms with E-state index in [0.29, 0.717) is 18.9 Å². The van der Waals surface area contributed by atoms with Gasteiger partial charge in [0.1, 0.15) is 6.61 Å². The molecule has 6 nitrogen and oxygen atoms in total. The van der Waals surface area contributed by atoms with E-state index in [1.807, 2.05) is 30.3 Å². The molecule has 6 heteroatoms. The molecule has 0 aliphatic carbocycles. The molecule has 0 aromatic heterocycles. The number of likely N-dealkylation sites (tertiary alicyclic amines) is 1. The first kappa shape index (κ1) is 22.1. The number of ether oxygens (including phenoxy) is 3. The molecule has 2 aliphatic rings. The van der Waals surface area contributed by atoms with Crippen LogP contribution < -0.4 is 5.32 Å². The van der Waals surface area contributed by atoms with Crippen LogP contribution in [0.1, 0.15) is 53.9 Å². The summed E-state index contributed by atoms with van der Waals surface area (Å²) in [4.78, 5) is 14.6. The third-order valence-electron chi connectivity index (χ3n) is 6.78. The van der Waals surface area contributed by atoms with Crippen LogP contribution >= 0.6 is 0 Å². The van der Waals surface area contributed by atoms with E-state index in [0.717, 1.165) is 19.3 Å². The number of piperidine rings is 1. The fourth-order valence-electron chi connectivity index (χ4n) is 4.58. The number of nitrogens with one attached hydrogen (secondary N) is 1. The highest BCUT2D eigenvalue weighted by molar-refractivity contribution is 5.84. The number of benzene rings is 1. The summed E-state index contributed by atoms with van der Waals surface area (Å²) in [6.07, 6.45) is 1.99. The van der Waals surface area contributed by atoms with Crippen LogP contribution in [0.5, 0.6) is 0 Å². The Hall–Kier alpha value is -1.63. The van der Waals surface area contributed by atoms with Gasteiger partial charge in [0.05, 0.1) is 18.6 Å². The maximum Gasteiger partial charge on any atom is 0.411 e. The standard InChI is InChI=1S/C23H36N2O4/c1-7-22(15-27-19(26)24-18-11-9-8-10-12-18)16-28-23(29-17-22)13-20(2,3)25(6)21(4,5)14-23/h8-12H,7,13-17H2,1-6H3,(H,24,26). The molecule has 1 spiro atoms. The molecule has 0 atom stereocenters. The number of rotatable bonds is 4. The molecule has 1 amide bonds. The number of carbonyl (C=O) groups excluding carboxylic acids is 1. The number of para-hydroxylation sites is 1. The summed E-state index contributed by atoms with van der Waals surface area (Å²) in [5.41, 5.74) is 0.339. The summed E-state index contributed by atoms with van der Waals surface area (Å²) in [5, 5.41) is 2.76. The van der Waals surface area contributed by atoms with E-state index in [1.54, 1.807) is 0 Å². The Bertz CT molecular complexity index is 689. The SMILES string of the molecule is CCC1(COC(=O)Nc2ccccc2)COC2(CC(C)(C)N(C)C(C)(C)C2)OC1. The second kappa shape index (κ2) is 7.89. The quantitative estimate of drug-likeness (QED) is 0.791. The molecule has 29 heavy (non-hydrogen) atoms. The molecule has 1 aromatic rings. The summed E-state index contributed by atoms with van der Waals surface area (Å²) >= 11 is 0. The normalized spacial score (nSPS) is 24.8. The lowest BCUT2D eigenvalue weighted by Gasteiger charge is -2.59. The van der Waals surface area contributed by atoms with Crippen molar-refractivity contribution in [3.63, 3.8) is 0 Å². The molecule has 1 N–H and O–H groups in total. The van der Waals surface area contributed by atoms with Crippen molar-refractivity contribution in [3.8, 4) is 0 Å². The third-order valence-corrected chi connectivity index (χ3v) is 6.78. The lowest BCUT2D eigenvalue weighted by atomic mass is 9.75. The van der Waals surface area contributed by atoms with Crippen molar-refractivity contribution < 1.29 is 19.0 Å². The van der Waals surface area contributed by atoms with E-state index in [1.165, 1.54) is 0 Å². The Morgan fingerprint density at radius 1 is 1.07 bits per heavy atom. The van der Waals surface area contributed by atoms with Crippen LogP contribution in [-0.2, 0) is 14.2 Å². The topological polar surface area (TPSA) is 60.0 Å². The zero-order valence-electron chi connectivity index (χ0n) is 18.7. The van der Waals surface area contributed by atoms with Crippen molar-refractivity contribution in [1.82, 2.24) is 4.90 Å². The fourth-order valence-corrected chi connectivity index (χ4v) is 4.58. The summed E-state index contributed by atoms with van der Waals surface area (Å²) in [6.45, 7) is 12.4. The van der Waals surface area contributed by atoms with Crippen molar-refractivity contribution in [3.05, 3.63) is 30.3 Å². The number of nitrogens with zero attached hydrogens (tertiary/aromatic N) is 1. The van der Waals surface area contributed by atoms with Gasteiger partial charge in [-0.1, -0.05) is 25.1 Å². The van der Waals surface area contributed by atoms with E-state index in [9.17, 15) is 4.79 Å². The molecule has 0 radical (unpaired) electrons. The molecule has 2 aliphatic heterocycles. The van der Waals surface area contributed by atoms with Gasteiger partial charge >= 0.3 is 6.09 Å². The Labute approximate surface area is 174 Å². The smallest absolute Gasteiger partial charge is 0.411 e. The van der Waals surface area contributed by atoms with Gasteiger partial charge in [0.2, 0.25) is 0 Å². The molecule has 0 unspecified atom stereocenters. The first-order valence-corrected chi connectivity index (χ1v) is 10.5. The van der Waals surface area contributed by atoms with E-state index in [2.05, 4.69) is 51.9 Å². The zero-order chi connectivity index (χ0) is 21.3. The van der Waals surface area contributed by atoms with Gasteiger partial charge in [0.25, 0.3) is 0 Å². The summed E-state index contributed by atoms with van der Waals surface area (Å²) < 4.78 is 18.4. The molecule has 2 heterocycles. The minimum Gasteiger partial charge on any atom is -0.449 e. The third kappa shape index (κ3) is 4.76. The molecule has 3 rings (SSSR count). The van der Waals surface area contributed by atoms with E-state index in [4.69, 9.17) is 14.2 Å². The minimum atomic E-state index is -0.579. The number of anilines is 1. The molecular formula is C23H36N2O4. The van der Waals surface area contributed by atoms with Crippen LogP contribution in [0.25, 0.3) is 0 Å². The molecule has 0 bridgehead atoms. The molecule has 2 saturated heterocycles. The second-order valence-corrected chi connectivity index (χ2v) is 9.95. The van der Waals surface area contributed by atoms with Crippen LogP contribution in [0.4, 0.5) is 10.5 Å². The molecule has 162 valence electrons. The summed E-state index contributed by atoms with van der Waals surface area (Å²) in [5.74, 6) is -0.579. The lowest BCUT2D eigenvalue weighted by molar-refractivity contribution is -0.344. The van der Waals surface area contributed by atoms with Crippen molar-refractivity contribution in [2.45, 2.75) is 70.7 Å². The maximum absolute atomic E-state index is 12.2. The largest absolute Gasteiger partial charge is 0.449 e. The van der Waals surface area contributed by atoms with E-state index < -0.39 is 11.9 Å². The molecule has 1 aromatic carbocycles. The van der Waals surface area contributed by atoms with Crippen LogP contribution in [0, 0.1) is 5.41 Å².